The summed E-state index contributed by atoms with van der Waals surface area (Å²) in [6, 6.07) is 19.0. The molecular weight excluding hydrogens is 615 g/mol. The third kappa shape index (κ3) is 7.40. The Morgan fingerprint density at radius 2 is 1.60 bits per heavy atom. The molecule has 2 aliphatic heterocycles. The summed E-state index contributed by atoms with van der Waals surface area (Å²) in [7, 11) is 3.30. The molecule has 230 valence electrons. The zero-order valence-corrected chi connectivity index (χ0v) is 26.5. The molecule has 3 aromatic rings. The van der Waals surface area contributed by atoms with Crippen molar-refractivity contribution in [2.45, 2.75) is 48.8 Å². The summed E-state index contributed by atoms with van der Waals surface area (Å²) in [5, 5.41) is 12.1. The summed E-state index contributed by atoms with van der Waals surface area (Å²) in [4.78, 5) is 14.5. The van der Waals surface area contributed by atoms with Crippen LogP contribution in [0.2, 0.25) is 0 Å². The van der Waals surface area contributed by atoms with E-state index in [-0.39, 0.29) is 24.7 Å². The number of fused-ring (bicyclic) bond motifs is 1. The number of aliphatic hydroxyl groups excluding tert-OH is 1. The summed E-state index contributed by atoms with van der Waals surface area (Å²) in [5.41, 5.74) is 5.59. The van der Waals surface area contributed by atoms with Gasteiger partial charge in [-0.2, -0.15) is 0 Å². The Morgan fingerprint density at radius 3 is 2.21 bits per heavy atom. The lowest BCUT2D eigenvalue weighted by Crippen LogP contribution is -2.45. The summed E-state index contributed by atoms with van der Waals surface area (Å²) < 4.78 is 22.2. The van der Waals surface area contributed by atoms with Crippen molar-refractivity contribution in [1.29, 1.82) is 0 Å². The third-order valence-corrected chi connectivity index (χ3v) is 8.57. The Morgan fingerprint density at radius 1 is 0.977 bits per heavy atom. The number of hydrogen-bond acceptors (Lipinski definition) is 7. The van der Waals surface area contributed by atoms with Gasteiger partial charge in [-0.3, -0.25) is 9.69 Å². The van der Waals surface area contributed by atoms with Crippen LogP contribution in [0.25, 0.3) is 0 Å². The van der Waals surface area contributed by atoms with Crippen molar-refractivity contribution in [3.05, 3.63) is 88.5 Å². The van der Waals surface area contributed by atoms with E-state index in [1.54, 1.807) is 26.4 Å². The standard InChI is InChI=1S/C32H35Cl3N2O6/c1-19-28(17-37-13-12-23-14-26(40-2)27(41-3)15-24(23)16-37)42-30(43-29(19)21-6-4-20(18-38)5-7-21)22-8-10-25(11-9-22)36-31(39)32(33,34)35/h4-11,14-15,19,28-30,38H,12-13,16-18H2,1-3H3,(H,36,39). The van der Waals surface area contributed by atoms with Crippen LogP contribution in [0.4, 0.5) is 5.69 Å². The van der Waals surface area contributed by atoms with Gasteiger partial charge in [0.25, 0.3) is 9.70 Å². The van der Waals surface area contributed by atoms with Gasteiger partial charge in [0.1, 0.15) is 0 Å². The first kappa shape index (κ1) is 31.9. The maximum absolute atomic E-state index is 12.1. The number of carbonyl (C=O) groups is 1. The second-order valence-corrected chi connectivity index (χ2v) is 13.1. The number of nitrogens with zero attached hydrogens (tertiary/aromatic N) is 1. The number of aliphatic hydroxyl groups is 1. The first-order valence-corrected chi connectivity index (χ1v) is 15.2. The highest BCUT2D eigenvalue weighted by atomic mass is 35.6. The predicted molar refractivity (Wildman–Crippen MR) is 167 cm³/mol. The molecule has 0 aliphatic carbocycles. The molecule has 2 heterocycles. The van der Waals surface area contributed by atoms with E-state index in [2.05, 4.69) is 29.3 Å². The number of nitrogens with one attached hydrogen (secondary N) is 1. The number of benzene rings is 3. The molecule has 1 amide bonds. The minimum absolute atomic E-state index is 0.0238. The van der Waals surface area contributed by atoms with E-state index in [0.29, 0.717) is 12.2 Å². The van der Waals surface area contributed by atoms with Crippen LogP contribution in [-0.2, 0) is 33.8 Å². The number of anilines is 1. The molecule has 0 radical (unpaired) electrons. The molecule has 2 aliphatic rings. The summed E-state index contributed by atoms with van der Waals surface area (Å²) in [6.07, 6.45) is -0.152. The van der Waals surface area contributed by atoms with Gasteiger partial charge in [-0.15, -0.1) is 0 Å². The molecule has 0 saturated carbocycles. The van der Waals surface area contributed by atoms with Crippen molar-refractivity contribution in [2.24, 2.45) is 5.92 Å². The van der Waals surface area contributed by atoms with Crippen LogP contribution in [-0.4, -0.2) is 53.1 Å². The van der Waals surface area contributed by atoms with Gasteiger partial charge in [0.05, 0.1) is 33.0 Å². The largest absolute Gasteiger partial charge is 0.493 e. The highest BCUT2D eigenvalue weighted by Crippen LogP contribution is 2.43. The predicted octanol–water partition coefficient (Wildman–Crippen LogP) is 6.35. The van der Waals surface area contributed by atoms with Crippen molar-refractivity contribution in [3.63, 3.8) is 0 Å². The average Bonchev–Trinajstić information content (AvgIpc) is 3.01. The molecule has 5 rings (SSSR count). The maximum atomic E-state index is 12.1. The number of rotatable bonds is 8. The normalized spacial score (nSPS) is 22.5. The number of carbonyl (C=O) groups excluding carboxylic acids is 1. The van der Waals surface area contributed by atoms with Crippen LogP contribution >= 0.6 is 34.8 Å². The van der Waals surface area contributed by atoms with E-state index in [4.69, 9.17) is 53.8 Å². The molecule has 4 atom stereocenters. The fourth-order valence-electron chi connectivity index (χ4n) is 5.61. The zero-order valence-electron chi connectivity index (χ0n) is 24.2. The molecule has 2 N–H and O–H groups in total. The summed E-state index contributed by atoms with van der Waals surface area (Å²) >= 11 is 17.1. The fraction of sp³-hybridized carbons (Fsp3) is 0.406. The average molecular weight is 650 g/mol. The monoisotopic (exact) mass is 648 g/mol. The van der Waals surface area contributed by atoms with Gasteiger partial charge >= 0.3 is 0 Å². The van der Waals surface area contributed by atoms with E-state index in [0.717, 1.165) is 47.7 Å². The van der Waals surface area contributed by atoms with Crippen LogP contribution in [0.1, 0.15) is 47.1 Å². The van der Waals surface area contributed by atoms with Gasteiger partial charge in [-0.05, 0) is 52.9 Å². The lowest BCUT2D eigenvalue weighted by Gasteiger charge is -2.43. The van der Waals surface area contributed by atoms with Crippen LogP contribution < -0.4 is 14.8 Å². The van der Waals surface area contributed by atoms with Crippen LogP contribution in [0, 0.1) is 5.92 Å². The maximum Gasteiger partial charge on any atom is 0.276 e. The van der Waals surface area contributed by atoms with Crippen molar-refractivity contribution in [1.82, 2.24) is 4.90 Å². The van der Waals surface area contributed by atoms with E-state index < -0.39 is 16.0 Å². The summed E-state index contributed by atoms with van der Waals surface area (Å²) in [5.74, 6) is 0.756. The van der Waals surface area contributed by atoms with Gasteiger partial charge in [0.15, 0.2) is 17.8 Å². The molecule has 8 nitrogen and oxygen atoms in total. The molecule has 0 aromatic heterocycles. The Bertz CT molecular complexity index is 1410. The van der Waals surface area contributed by atoms with E-state index >= 15 is 0 Å². The van der Waals surface area contributed by atoms with Gasteiger partial charge in [0, 0.05) is 36.8 Å². The number of halogens is 3. The Labute approximate surface area is 266 Å². The van der Waals surface area contributed by atoms with Crippen molar-refractivity contribution >= 4 is 46.4 Å². The van der Waals surface area contributed by atoms with Gasteiger partial charge in [0.2, 0.25) is 0 Å². The first-order valence-electron chi connectivity index (χ1n) is 14.0. The number of methoxy groups -OCH3 is 2. The Hall–Kier alpha value is -2.56. The lowest BCUT2D eigenvalue weighted by molar-refractivity contribution is -0.276. The molecular formula is C32H35Cl3N2O6. The van der Waals surface area contributed by atoms with Gasteiger partial charge in [-0.25, -0.2) is 0 Å². The molecule has 11 heteroatoms. The smallest absolute Gasteiger partial charge is 0.276 e. The minimum Gasteiger partial charge on any atom is -0.493 e. The molecule has 4 unspecified atom stereocenters. The second kappa shape index (κ2) is 13.6. The lowest BCUT2D eigenvalue weighted by atomic mass is 9.89. The van der Waals surface area contributed by atoms with Crippen LogP contribution in [0.3, 0.4) is 0 Å². The number of hydrogen-bond donors (Lipinski definition) is 2. The van der Waals surface area contributed by atoms with Crippen molar-refractivity contribution < 1.29 is 28.8 Å². The molecule has 43 heavy (non-hydrogen) atoms. The van der Waals surface area contributed by atoms with E-state index in [9.17, 15) is 9.90 Å². The second-order valence-electron chi connectivity index (χ2n) is 10.9. The first-order chi connectivity index (χ1) is 20.6. The number of amides is 1. The Kier molecular flexibility index (Phi) is 10.1. The molecule has 1 saturated heterocycles. The molecule has 0 bridgehead atoms. The van der Waals surface area contributed by atoms with Crippen LogP contribution in [0.5, 0.6) is 11.5 Å². The highest BCUT2D eigenvalue weighted by Gasteiger charge is 2.39. The van der Waals surface area contributed by atoms with Crippen LogP contribution in [0.15, 0.2) is 60.7 Å². The zero-order chi connectivity index (χ0) is 30.7. The molecule has 0 spiro atoms. The highest BCUT2D eigenvalue weighted by molar-refractivity contribution is 6.76. The van der Waals surface area contributed by atoms with Gasteiger partial charge < -0.3 is 29.4 Å². The van der Waals surface area contributed by atoms with E-state index in [1.807, 2.05) is 36.4 Å². The fourth-order valence-corrected chi connectivity index (χ4v) is 5.75. The SMILES string of the molecule is COc1cc2c(cc1OC)CN(CC1OC(c3ccc(NC(=O)C(Cl)(Cl)Cl)cc3)OC(c3ccc(CO)cc3)C1C)CC2. The summed E-state index contributed by atoms with van der Waals surface area (Å²) in [6.45, 7) is 4.48. The topological polar surface area (TPSA) is 89.5 Å². The van der Waals surface area contributed by atoms with Gasteiger partial charge in [-0.1, -0.05) is 78.1 Å². The number of ether oxygens (including phenoxy) is 4. The van der Waals surface area contributed by atoms with Crippen molar-refractivity contribution in [2.75, 3.05) is 32.6 Å². The van der Waals surface area contributed by atoms with Crippen molar-refractivity contribution in [3.8, 4) is 11.5 Å². The molecule has 3 aromatic carbocycles. The van der Waals surface area contributed by atoms with E-state index in [1.165, 1.54) is 11.1 Å². The number of alkyl halides is 3. The quantitative estimate of drug-likeness (QED) is 0.275. The molecule has 1 fully saturated rings. The minimum atomic E-state index is -2.07. The third-order valence-electron chi connectivity index (χ3n) is 8.06. The Balaban J connectivity index is 1.37.